The highest BCUT2D eigenvalue weighted by Gasteiger charge is 2.33. The standard InChI is InChI=1S/C26H30ClF2N3O2/c1-16-14-31(9-10-32(16)26(34)18-5-3-4-6-18)15-20-11-21(28)13-24(17(20)2)30-25(33)19-7-8-22(27)23(29)12-19/h7-8,11-13,16,18H,3-6,9-10,14-15H2,1-2H3,(H,30,33)/t16-/m0/s1. The van der Waals surface area contributed by atoms with Crippen molar-refractivity contribution in [2.24, 2.45) is 5.92 Å². The molecule has 1 aliphatic carbocycles. The van der Waals surface area contributed by atoms with Gasteiger partial charge >= 0.3 is 0 Å². The van der Waals surface area contributed by atoms with Gasteiger partial charge in [0.25, 0.3) is 5.91 Å². The van der Waals surface area contributed by atoms with Crippen LogP contribution in [0, 0.1) is 24.5 Å². The minimum absolute atomic E-state index is 0.0694. The van der Waals surface area contributed by atoms with Crippen molar-refractivity contribution in [3.05, 3.63) is 63.7 Å². The van der Waals surface area contributed by atoms with Gasteiger partial charge in [-0.05, 0) is 68.1 Å². The Morgan fingerprint density at radius 2 is 1.85 bits per heavy atom. The largest absolute Gasteiger partial charge is 0.337 e. The molecule has 5 nitrogen and oxygen atoms in total. The molecular weight excluding hydrogens is 460 g/mol. The normalized spacial score (nSPS) is 19.4. The molecule has 1 saturated heterocycles. The zero-order valence-electron chi connectivity index (χ0n) is 19.5. The van der Waals surface area contributed by atoms with Gasteiger partial charge in [0.05, 0.1) is 5.02 Å². The minimum Gasteiger partial charge on any atom is -0.337 e. The fourth-order valence-electron chi connectivity index (χ4n) is 5.01. The van der Waals surface area contributed by atoms with Crippen LogP contribution in [0.15, 0.2) is 30.3 Å². The Morgan fingerprint density at radius 3 is 2.53 bits per heavy atom. The van der Waals surface area contributed by atoms with E-state index in [-0.39, 0.29) is 28.5 Å². The van der Waals surface area contributed by atoms with E-state index in [4.69, 9.17) is 11.6 Å². The van der Waals surface area contributed by atoms with Crippen molar-refractivity contribution in [2.75, 3.05) is 25.0 Å². The maximum Gasteiger partial charge on any atom is 0.255 e. The van der Waals surface area contributed by atoms with Gasteiger partial charge in [-0.3, -0.25) is 14.5 Å². The molecule has 0 spiro atoms. The molecule has 2 amide bonds. The van der Waals surface area contributed by atoms with E-state index < -0.39 is 17.5 Å². The molecule has 8 heteroatoms. The first-order valence-corrected chi connectivity index (χ1v) is 12.2. The fourth-order valence-corrected chi connectivity index (χ4v) is 5.13. The smallest absolute Gasteiger partial charge is 0.255 e. The minimum atomic E-state index is -0.689. The maximum absolute atomic E-state index is 14.4. The van der Waals surface area contributed by atoms with Gasteiger partial charge in [-0.25, -0.2) is 8.78 Å². The monoisotopic (exact) mass is 489 g/mol. The number of nitrogens with one attached hydrogen (secondary N) is 1. The van der Waals surface area contributed by atoms with Crippen LogP contribution < -0.4 is 5.32 Å². The van der Waals surface area contributed by atoms with Crippen molar-refractivity contribution in [2.45, 2.75) is 52.1 Å². The second-order valence-corrected chi connectivity index (χ2v) is 9.82. The second kappa shape index (κ2) is 10.4. The lowest BCUT2D eigenvalue weighted by molar-refractivity contribution is -0.140. The number of piperazine rings is 1. The number of amides is 2. The fraction of sp³-hybridized carbons (Fsp3) is 0.462. The van der Waals surface area contributed by atoms with Crippen molar-refractivity contribution in [1.82, 2.24) is 9.80 Å². The van der Waals surface area contributed by atoms with Crippen molar-refractivity contribution in [3.63, 3.8) is 0 Å². The van der Waals surface area contributed by atoms with Crippen LogP contribution in [0.5, 0.6) is 0 Å². The third-order valence-corrected chi connectivity index (χ3v) is 7.31. The van der Waals surface area contributed by atoms with Gasteiger partial charge in [0.2, 0.25) is 5.91 Å². The van der Waals surface area contributed by atoms with Crippen LogP contribution in [0.3, 0.4) is 0 Å². The molecular formula is C26H30ClF2N3O2. The first-order valence-electron chi connectivity index (χ1n) is 11.8. The van der Waals surface area contributed by atoms with Crippen LogP contribution in [-0.4, -0.2) is 47.3 Å². The summed E-state index contributed by atoms with van der Waals surface area (Å²) in [7, 11) is 0. The molecule has 2 aromatic carbocycles. The van der Waals surface area contributed by atoms with Gasteiger partial charge in [0.1, 0.15) is 11.6 Å². The summed E-state index contributed by atoms with van der Waals surface area (Å²) < 4.78 is 28.2. The summed E-state index contributed by atoms with van der Waals surface area (Å²) >= 11 is 5.69. The van der Waals surface area contributed by atoms with E-state index in [0.717, 1.165) is 42.9 Å². The van der Waals surface area contributed by atoms with Crippen molar-refractivity contribution >= 4 is 29.1 Å². The zero-order chi connectivity index (χ0) is 24.4. The van der Waals surface area contributed by atoms with E-state index in [1.165, 1.54) is 24.3 Å². The summed E-state index contributed by atoms with van der Waals surface area (Å²) in [6.07, 6.45) is 4.25. The Balaban J connectivity index is 1.43. The molecule has 0 unspecified atom stereocenters. The summed E-state index contributed by atoms with van der Waals surface area (Å²) in [5.74, 6) is -1.25. The molecule has 2 fully saturated rings. The molecule has 2 aromatic rings. The van der Waals surface area contributed by atoms with Crippen LogP contribution in [0.2, 0.25) is 5.02 Å². The molecule has 0 bridgehead atoms. The number of hydrogen-bond donors (Lipinski definition) is 1. The number of hydrogen-bond acceptors (Lipinski definition) is 3. The number of anilines is 1. The van der Waals surface area contributed by atoms with Gasteiger partial charge in [-0.2, -0.15) is 0 Å². The Hall–Kier alpha value is -2.51. The lowest BCUT2D eigenvalue weighted by Crippen LogP contribution is -2.54. The quantitative estimate of drug-likeness (QED) is 0.611. The van der Waals surface area contributed by atoms with E-state index in [0.29, 0.717) is 31.9 Å². The summed E-state index contributed by atoms with van der Waals surface area (Å²) in [6.45, 7) is 6.49. The second-order valence-electron chi connectivity index (χ2n) is 9.42. The predicted molar refractivity (Wildman–Crippen MR) is 129 cm³/mol. The van der Waals surface area contributed by atoms with Gasteiger partial charge in [0, 0.05) is 49.4 Å². The highest BCUT2D eigenvalue weighted by atomic mass is 35.5. The summed E-state index contributed by atoms with van der Waals surface area (Å²) in [6, 6.07) is 6.63. The predicted octanol–water partition coefficient (Wildman–Crippen LogP) is 5.40. The molecule has 34 heavy (non-hydrogen) atoms. The number of nitrogens with zero attached hydrogens (tertiary/aromatic N) is 2. The molecule has 0 radical (unpaired) electrons. The summed E-state index contributed by atoms with van der Waals surface area (Å²) in [4.78, 5) is 29.7. The highest BCUT2D eigenvalue weighted by molar-refractivity contribution is 6.30. The van der Waals surface area contributed by atoms with Crippen molar-refractivity contribution in [3.8, 4) is 0 Å². The molecule has 4 rings (SSSR count). The van der Waals surface area contributed by atoms with Crippen molar-refractivity contribution in [1.29, 1.82) is 0 Å². The van der Waals surface area contributed by atoms with E-state index in [2.05, 4.69) is 17.1 Å². The SMILES string of the molecule is Cc1c(CN2CCN(C(=O)C3CCCC3)[C@@H](C)C2)cc(F)cc1NC(=O)c1ccc(Cl)c(F)c1. The van der Waals surface area contributed by atoms with E-state index in [1.807, 2.05) is 11.8 Å². The van der Waals surface area contributed by atoms with Crippen LogP contribution in [0.4, 0.5) is 14.5 Å². The van der Waals surface area contributed by atoms with Gasteiger partial charge < -0.3 is 10.2 Å². The third-order valence-electron chi connectivity index (χ3n) is 7.00. The molecule has 182 valence electrons. The Kier molecular flexibility index (Phi) is 7.53. The lowest BCUT2D eigenvalue weighted by Gasteiger charge is -2.41. The number of carbonyl (C=O) groups excluding carboxylic acids is 2. The number of benzene rings is 2. The zero-order valence-corrected chi connectivity index (χ0v) is 20.3. The summed E-state index contributed by atoms with van der Waals surface area (Å²) in [5.41, 5.74) is 1.96. The Morgan fingerprint density at radius 1 is 1.12 bits per heavy atom. The molecule has 1 N–H and O–H groups in total. The van der Waals surface area contributed by atoms with Crippen LogP contribution in [0.1, 0.15) is 54.1 Å². The molecule has 1 saturated carbocycles. The topological polar surface area (TPSA) is 52.6 Å². The number of halogens is 3. The van der Waals surface area contributed by atoms with Crippen LogP contribution in [-0.2, 0) is 11.3 Å². The van der Waals surface area contributed by atoms with E-state index >= 15 is 0 Å². The number of carbonyl (C=O) groups is 2. The first kappa shape index (κ1) is 24.6. The van der Waals surface area contributed by atoms with Crippen molar-refractivity contribution < 1.29 is 18.4 Å². The molecule has 1 atom stereocenters. The lowest BCUT2D eigenvalue weighted by atomic mass is 10.0. The number of rotatable bonds is 5. The van der Waals surface area contributed by atoms with Gasteiger partial charge in [0.15, 0.2) is 0 Å². The average molecular weight is 490 g/mol. The molecule has 0 aromatic heterocycles. The maximum atomic E-state index is 14.4. The third kappa shape index (κ3) is 5.41. The van der Waals surface area contributed by atoms with Crippen LogP contribution >= 0.6 is 11.6 Å². The van der Waals surface area contributed by atoms with E-state index in [9.17, 15) is 18.4 Å². The average Bonchev–Trinajstić information content (AvgIpc) is 3.33. The molecule has 2 aliphatic rings. The van der Waals surface area contributed by atoms with Crippen LogP contribution in [0.25, 0.3) is 0 Å². The Labute approximate surface area is 204 Å². The van der Waals surface area contributed by atoms with E-state index in [1.54, 1.807) is 0 Å². The Bertz CT molecular complexity index is 1090. The molecule has 1 aliphatic heterocycles. The highest BCUT2D eigenvalue weighted by Crippen LogP contribution is 2.29. The summed E-state index contributed by atoms with van der Waals surface area (Å²) in [5, 5.41) is 2.62. The van der Waals surface area contributed by atoms with Gasteiger partial charge in [-0.1, -0.05) is 24.4 Å². The first-order chi connectivity index (χ1) is 16.2. The van der Waals surface area contributed by atoms with Gasteiger partial charge in [-0.15, -0.1) is 0 Å². The molecule has 1 heterocycles.